The topological polar surface area (TPSA) is 63.8 Å². The average Bonchev–Trinajstić information content (AvgIpc) is 4.09. The Morgan fingerprint density at radius 2 is 0.919 bits per heavy atom. The maximum Gasteiger partial charge on any atom is 0.221 e. The highest BCUT2D eigenvalue weighted by Crippen LogP contribution is 2.53. The van der Waals surface area contributed by atoms with E-state index in [4.69, 9.17) is 9.97 Å². The molecule has 286 valence electrons. The highest BCUT2D eigenvalue weighted by molar-refractivity contribution is 7.27. The Morgan fingerprint density at radius 3 is 1.42 bits per heavy atom. The van der Waals surface area contributed by atoms with Crippen LogP contribution in [0.5, 0.6) is 0 Å². The minimum Gasteiger partial charge on any atom is -0.317 e. The fourth-order valence-electron chi connectivity index (χ4n) is 9.81. The number of para-hydroxylation sites is 2. The van der Waals surface area contributed by atoms with Crippen molar-refractivity contribution in [3.05, 3.63) is 187 Å². The zero-order valence-corrected chi connectivity index (χ0v) is 34.3. The van der Waals surface area contributed by atoms with Gasteiger partial charge in [0.1, 0.15) is 6.07 Å². The molecule has 13 aromatic rings. The first-order chi connectivity index (χ1) is 30.7. The van der Waals surface area contributed by atoms with E-state index in [1.165, 1.54) is 20.2 Å². The van der Waals surface area contributed by atoms with Gasteiger partial charge >= 0.3 is 0 Å². The SMILES string of the molecule is [C-]#[N+]c1c(-c2ccccn2)c(C#N)c(-n2c3ccccc3c3ccc4c5ccccc5sc4c32)c(-c2ccccn2)c1-n1c2ccccc2c2ccc3c4ccccc4sc3c21. The molecule has 0 N–H and O–H groups in total. The molecule has 0 saturated heterocycles. The highest BCUT2D eigenvalue weighted by Gasteiger charge is 2.33. The Bertz CT molecular complexity index is 3890. The van der Waals surface area contributed by atoms with Crippen LogP contribution < -0.4 is 0 Å². The van der Waals surface area contributed by atoms with Gasteiger partial charge in [0.15, 0.2) is 0 Å². The molecule has 0 unspecified atom stereocenters. The third kappa shape index (κ3) is 4.65. The van der Waals surface area contributed by atoms with Gasteiger partial charge in [-0.3, -0.25) is 9.97 Å². The molecular weight excluding hydrogens is 797 g/mol. The Labute approximate surface area is 361 Å². The van der Waals surface area contributed by atoms with E-state index in [1.54, 1.807) is 35.1 Å². The molecule has 6 heterocycles. The molecule has 0 aliphatic rings. The first-order valence-electron chi connectivity index (χ1n) is 20.3. The van der Waals surface area contributed by atoms with Crippen molar-refractivity contribution >= 4 is 112 Å². The first kappa shape index (κ1) is 34.7. The highest BCUT2D eigenvalue weighted by atomic mass is 32.1. The molecule has 8 heteroatoms. The molecule has 0 spiro atoms. The maximum absolute atomic E-state index is 11.8. The number of benzene rings is 7. The summed E-state index contributed by atoms with van der Waals surface area (Å²) in [4.78, 5) is 14.5. The molecule has 13 rings (SSSR count). The summed E-state index contributed by atoms with van der Waals surface area (Å²) < 4.78 is 9.20. The second-order valence-corrected chi connectivity index (χ2v) is 17.5. The summed E-state index contributed by atoms with van der Waals surface area (Å²) in [5, 5.41) is 20.8. The second kappa shape index (κ2) is 13.2. The lowest BCUT2D eigenvalue weighted by Gasteiger charge is -2.25. The van der Waals surface area contributed by atoms with Gasteiger partial charge in [-0.2, -0.15) is 5.26 Å². The smallest absolute Gasteiger partial charge is 0.221 e. The number of aromatic nitrogens is 4. The summed E-state index contributed by atoms with van der Waals surface area (Å²) in [5.74, 6) is 0. The number of nitrogens with zero attached hydrogens (tertiary/aromatic N) is 6. The van der Waals surface area contributed by atoms with Crippen molar-refractivity contribution in [2.24, 2.45) is 0 Å². The molecule has 0 radical (unpaired) electrons. The maximum atomic E-state index is 11.8. The van der Waals surface area contributed by atoms with Gasteiger partial charge in [0.25, 0.3) is 0 Å². The Kier molecular flexibility index (Phi) is 7.38. The van der Waals surface area contributed by atoms with E-state index in [2.05, 4.69) is 141 Å². The van der Waals surface area contributed by atoms with Crippen LogP contribution in [0.15, 0.2) is 170 Å². The molecule has 0 bridgehead atoms. The molecule has 7 aromatic carbocycles. The first-order valence-corrected chi connectivity index (χ1v) is 21.9. The average molecular weight is 825 g/mol. The van der Waals surface area contributed by atoms with E-state index < -0.39 is 0 Å². The van der Waals surface area contributed by atoms with Crippen LogP contribution in [0.3, 0.4) is 0 Å². The standard InChI is InChI=1S/C54H28N6S2/c1-56-48-46(40-18-10-12-28-57-40)39(30-55)49(59-42-20-6-2-14-31(42)35-24-26-37-33-16-4-8-22-44(33)61-53(37)50(35)59)47(41-19-11-13-29-58-41)52(48)60-43-21-7-3-15-32(43)36-25-27-38-34-17-5-9-23-45(34)62-54(38)51(36)60/h2-29H. The molecule has 6 aromatic heterocycles. The fraction of sp³-hybridized carbons (Fsp3) is 0. The summed E-state index contributed by atoms with van der Waals surface area (Å²) in [6, 6.07) is 57.2. The Balaban J connectivity index is 1.35. The van der Waals surface area contributed by atoms with Crippen molar-refractivity contribution < 1.29 is 0 Å². The van der Waals surface area contributed by atoms with Gasteiger partial charge < -0.3 is 9.13 Å². The van der Waals surface area contributed by atoms with Crippen molar-refractivity contribution in [2.75, 3.05) is 0 Å². The third-order valence-electron chi connectivity index (χ3n) is 12.3. The fourth-order valence-corrected chi connectivity index (χ4v) is 12.3. The summed E-state index contributed by atoms with van der Waals surface area (Å²) >= 11 is 3.53. The van der Waals surface area contributed by atoms with Crippen LogP contribution in [-0.4, -0.2) is 19.1 Å². The van der Waals surface area contributed by atoms with E-state index in [-0.39, 0.29) is 0 Å². The van der Waals surface area contributed by atoms with Gasteiger partial charge in [0.2, 0.25) is 5.69 Å². The van der Waals surface area contributed by atoms with Crippen LogP contribution in [0, 0.1) is 17.9 Å². The van der Waals surface area contributed by atoms with E-state index in [9.17, 15) is 11.8 Å². The number of fused-ring (bicyclic) bond motifs is 14. The second-order valence-electron chi connectivity index (χ2n) is 15.4. The van der Waals surface area contributed by atoms with E-state index in [0.29, 0.717) is 45.1 Å². The minimum atomic E-state index is 0.332. The van der Waals surface area contributed by atoms with Crippen LogP contribution in [0.1, 0.15) is 5.56 Å². The molecule has 0 atom stereocenters. The number of nitriles is 1. The molecule has 62 heavy (non-hydrogen) atoms. The van der Waals surface area contributed by atoms with Crippen LogP contribution >= 0.6 is 22.7 Å². The van der Waals surface area contributed by atoms with Gasteiger partial charge in [-0.15, -0.1) is 22.7 Å². The third-order valence-corrected chi connectivity index (χ3v) is 14.7. The van der Waals surface area contributed by atoms with E-state index in [0.717, 1.165) is 63.8 Å². The van der Waals surface area contributed by atoms with Crippen molar-refractivity contribution in [2.45, 2.75) is 0 Å². The molecule has 6 nitrogen and oxygen atoms in total. The molecule has 0 fully saturated rings. The molecular formula is C54H28N6S2. The molecule has 0 saturated carbocycles. The van der Waals surface area contributed by atoms with Crippen LogP contribution in [-0.2, 0) is 0 Å². The predicted octanol–water partition coefficient (Wildman–Crippen LogP) is 15.2. The lowest BCUT2D eigenvalue weighted by molar-refractivity contribution is 1.13. The van der Waals surface area contributed by atoms with Gasteiger partial charge in [-0.25, -0.2) is 4.85 Å². The van der Waals surface area contributed by atoms with Crippen molar-refractivity contribution in [1.29, 1.82) is 5.26 Å². The zero-order chi connectivity index (χ0) is 41.1. The van der Waals surface area contributed by atoms with Crippen LogP contribution in [0.2, 0.25) is 0 Å². The van der Waals surface area contributed by atoms with Crippen molar-refractivity contribution in [3.63, 3.8) is 0 Å². The minimum absolute atomic E-state index is 0.332. The van der Waals surface area contributed by atoms with Crippen molar-refractivity contribution in [3.8, 4) is 40.0 Å². The van der Waals surface area contributed by atoms with Gasteiger partial charge in [0, 0.05) is 76.0 Å². The van der Waals surface area contributed by atoms with E-state index in [1.807, 2.05) is 36.4 Å². The molecule has 0 amide bonds. The molecule has 0 aliphatic carbocycles. The van der Waals surface area contributed by atoms with Gasteiger partial charge in [-0.05, 0) is 48.5 Å². The zero-order valence-electron chi connectivity index (χ0n) is 32.7. The van der Waals surface area contributed by atoms with Crippen LogP contribution in [0.4, 0.5) is 5.69 Å². The lowest BCUT2D eigenvalue weighted by Crippen LogP contribution is -2.09. The number of pyridine rings is 2. The monoisotopic (exact) mass is 824 g/mol. The number of thiophene rings is 2. The van der Waals surface area contributed by atoms with Gasteiger partial charge in [-0.1, -0.05) is 109 Å². The summed E-state index contributed by atoms with van der Waals surface area (Å²) in [6.45, 7) is 9.20. The summed E-state index contributed by atoms with van der Waals surface area (Å²) in [5.41, 5.74) is 8.26. The largest absolute Gasteiger partial charge is 0.317 e. The van der Waals surface area contributed by atoms with Gasteiger partial charge in [0.05, 0.1) is 66.4 Å². The summed E-state index contributed by atoms with van der Waals surface area (Å²) in [6.07, 6.45) is 3.53. The summed E-state index contributed by atoms with van der Waals surface area (Å²) in [7, 11) is 0. The normalized spacial score (nSPS) is 11.8. The number of hydrogen-bond donors (Lipinski definition) is 0. The Hall–Kier alpha value is -8.14. The quantitative estimate of drug-likeness (QED) is 0.166. The number of hydrogen-bond acceptors (Lipinski definition) is 5. The molecule has 0 aliphatic heterocycles. The van der Waals surface area contributed by atoms with Crippen molar-refractivity contribution in [1.82, 2.24) is 19.1 Å². The lowest BCUT2D eigenvalue weighted by atomic mass is 9.91. The van der Waals surface area contributed by atoms with E-state index >= 15 is 0 Å². The predicted molar refractivity (Wildman–Crippen MR) is 258 cm³/mol. The Morgan fingerprint density at radius 1 is 0.468 bits per heavy atom. The number of rotatable bonds is 4. The van der Waals surface area contributed by atoms with Crippen LogP contribution in [0.25, 0.3) is 123 Å².